The molecule has 1 N–H and O–H groups in total. The molecule has 1 amide bonds. The second-order valence-electron chi connectivity index (χ2n) is 7.19. The van der Waals surface area contributed by atoms with Crippen LogP contribution in [-0.2, 0) is 14.8 Å². The molecule has 1 aromatic heterocycles. The van der Waals surface area contributed by atoms with Gasteiger partial charge >= 0.3 is 0 Å². The standard InChI is InChI=1S/C22H25N3O4S2/c1-14-13-20(24-21-18(14)7-6-8-19(21)29-5)30-15(2)22(26)23-16-9-11-17(12-10-16)31(27,28)25(3)4/h6-13,15H,1-5H3,(H,23,26). The Hall–Kier alpha value is -2.62. The van der Waals surface area contributed by atoms with E-state index in [-0.39, 0.29) is 10.8 Å². The first-order valence-corrected chi connectivity index (χ1v) is 11.9. The molecule has 31 heavy (non-hydrogen) atoms. The Morgan fingerprint density at radius 2 is 1.84 bits per heavy atom. The van der Waals surface area contributed by atoms with E-state index >= 15 is 0 Å². The maximum absolute atomic E-state index is 12.7. The Bertz CT molecular complexity index is 1210. The van der Waals surface area contributed by atoms with Gasteiger partial charge in [0, 0.05) is 25.2 Å². The van der Waals surface area contributed by atoms with Crippen LogP contribution in [0.4, 0.5) is 5.69 Å². The maximum Gasteiger partial charge on any atom is 0.242 e. The van der Waals surface area contributed by atoms with Crippen molar-refractivity contribution in [3.63, 3.8) is 0 Å². The number of thioether (sulfide) groups is 1. The average Bonchev–Trinajstić information content (AvgIpc) is 2.73. The number of fused-ring (bicyclic) bond motifs is 1. The Morgan fingerprint density at radius 3 is 2.45 bits per heavy atom. The van der Waals surface area contributed by atoms with E-state index in [4.69, 9.17) is 4.74 Å². The van der Waals surface area contributed by atoms with Gasteiger partial charge in [0.1, 0.15) is 11.3 Å². The molecule has 9 heteroatoms. The van der Waals surface area contributed by atoms with Crippen molar-refractivity contribution in [1.29, 1.82) is 0 Å². The van der Waals surface area contributed by atoms with Crippen molar-refractivity contribution in [3.8, 4) is 5.75 Å². The third kappa shape index (κ3) is 5.00. The molecule has 0 bridgehead atoms. The number of rotatable bonds is 7. The second-order valence-corrected chi connectivity index (χ2v) is 10.7. The van der Waals surface area contributed by atoms with E-state index in [1.165, 1.54) is 38.0 Å². The minimum absolute atomic E-state index is 0.169. The molecule has 2 aromatic carbocycles. The summed E-state index contributed by atoms with van der Waals surface area (Å²) in [4.78, 5) is 17.5. The summed E-state index contributed by atoms with van der Waals surface area (Å²) < 4.78 is 30.9. The van der Waals surface area contributed by atoms with E-state index in [1.807, 2.05) is 31.2 Å². The number of aryl methyl sites for hydroxylation is 1. The molecule has 3 rings (SSSR count). The number of aromatic nitrogens is 1. The molecule has 0 spiro atoms. The smallest absolute Gasteiger partial charge is 0.242 e. The van der Waals surface area contributed by atoms with Crippen molar-refractivity contribution >= 4 is 44.3 Å². The van der Waals surface area contributed by atoms with Gasteiger partial charge in [0.2, 0.25) is 15.9 Å². The number of hydrogen-bond acceptors (Lipinski definition) is 6. The zero-order valence-electron chi connectivity index (χ0n) is 18.0. The van der Waals surface area contributed by atoms with Crippen LogP contribution in [0, 0.1) is 6.92 Å². The van der Waals surface area contributed by atoms with Crippen molar-refractivity contribution < 1.29 is 17.9 Å². The number of carbonyl (C=O) groups is 1. The van der Waals surface area contributed by atoms with Crippen LogP contribution in [0.5, 0.6) is 5.75 Å². The number of methoxy groups -OCH3 is 1. The first kappa shape index (κ1) is 23.1. The predicted molar refractivity (Wildman–Crippen MR) is 124 cm³/mol. The van der Waals surface area contributed by atoms with Crippen molar-refractivity contribution in [1.82, 2.24) is 9.29 Å². The number of ether oxygens (including phenoxy) is 1. The molecule has 0 aliphatic rings. The molecular formula is C22H25N3O4S2. The summed E-state index contributed by atoms with van der Waals surface area (Å²) in [6.07, 6.45) is 0. The van der Waals surface area contributed by atoms with E-state index in [0.29, 0.717) is 11.4 Å². The largest absolute Gasteiger partial charge is 0.494 e. The SMILES string of the molecule is COc1cccc2c(C)cc(SC(C)C(=O)Nc3ccc(S(=O)(=O)N(C)C)cc3)nc12. The van der Waals surface area contributed by atoms with Crippen LogP contribution in [0.3, 0.4) is 0 Å². The van der Waals surface area contributed by atoms with Crippen LogP contribution in [0.15, 0.2) is 58.5 Å². The lowest BCUT2D eigenvalue weighted by Crippen LogP contribution is -2.23. The number of carbonyl (C=O) groups excluding carboxylic acids is 1. The fourth-order valence-electron chi connectivity index (χ4n) is 2.99. The van der Waals surface area contributed by atoms with Gasteiger partial charge in [-0.3, -0.25) is 4.79 Å². The van der Waals surface area contributed by atoms with Gasteiger partial charge in [-0.1, -0.05) is 23.9 Å². The minimum Gasteiger partial charge on any atom is -0.494 e. The summed E-state index contributed by atoms with van der Waals surface area (Å²) in [5.41, 5.74) is 2.34. The monoisotopic (exact) mass is 459 g/mol. The topological polar surface area (TPSA) is 88.6 Å². The summed E-state index contributed by atoms with van der Waals surface area (Å²) in [5.74, 6) is 0.487. The molecule has 1 atom stereocenters. The highest BCUT2D eigenvalue weighted by atomic mass is 32.2. The lowest BCUT2D eigenvalue weighted by molar-refractivity contribution is -0.115. The van der Waals surface area contributed by atoms with Gasteiger partial charge in [-0.25, -0.2) is 17.7 Å². The van der Waals surface area contributed by atoms with E-state index in [1.54, 1.807) is 26.2 Å². The van der Waals surface area contributed by atoms with Crippen LogP contribution >= 0.6 is 11.8 Å². The van der Waals surface area contributed by atoms with Crippen molar-refractivity contribution in [3.05, 3.63) is 54.1 Å². The minimum atomic E-state index is -3.51. The Kier molecular flexibility index (Phi) is 6.88. The predicted octanol–water partition coefficient (Wildman–Crippen LogP) is 3.92. The number of sulfonamides is 1. The molecule has 1 heterocycles. The van der Waals surface area contributed by atoms with Crippen molar-refractivity contribution in [2.45, 2.75) is 29.0 Å². The molecule has 0 aliphatic heterocycles. The van der Waals surface area contributed by atoms with Crippen LogP contribution < -0.4 is 10.1 Å². The molecular weight excluding hydrogens is 434 g/mol. The van der Waals surface area contributed by atoms with Crippen LogP contribution in [0.25, 0.3) is 10.9 Å². The summed E-state index contributed by atoms with van der Waals surface area (Å²) in [7, 11) is 1.05. The van der Waals surface area contributed by atoms with E-state index in [2.05, 4.69) is 10.3 Å². The fraction of sp³-hybridized carbons (Fsp3) is 0.273. The van der Waals surface area contributed by atoms with E-state index in [0.717, 1.165) is 25.8 Å². The highest BCUT2D eigenvalue weighted by molar-refractivity contribution is 8.00. The Labute approximate surface area is 186 Å². The summed E-state index contributed by atoms with van der Waals surface area (Å²) in [6, 6.07) is 13.8. The van der Waals surface area contributed by atoms with Crippen LogP contribution in [-0.4, -0.2) is 50.1 Å². The molecule has 0 saturated heterocycles. The highest BCUT2D eigenvalue weighted by Crippen LogP contribution is 2.31. The fourth-order valence-corrected chi connectivity index (χ4v) is 4.80. The highest BCUT2D eigenvalue weighted by Gasteiger charge is 2.19. The molecule has 0 saturated carbocycles. The third-order valence-corrected chi connectivity index (χ3v) is 7.62. The number of para-hydroxylation sites is 1. The van der Waals surface area contributed by atoms with Gasteiger partial charge in [-0.15, -0.1) is 0 Å². The van der Waals surface area contributed by atoms with Crippen molar-refractivity contribution in [2.24, 2.45) is 0 Å². The summed E-state index contributed by atoms with van der Waals surface area (Å²) in [5, 5.41) is 4.15. The van der Waals surface area contributed by atoms with E-state index in [9.17, 15) is 13.2 Å². The van der Waals surface area contributed by atoms with Gasteiger partial charge in [0.25, 0.3) is 0 Å². The third-order valence-electron chi connectivity index (χ3n) is 4.77. The number of pyridine rings is 1. The lowest BCUT2D eigenvalue weighted by Gasteiger charge is -2.14. The van der Waals surface area contributed by atoms with Crippen LogP contribution in [0.1, 0.15) is 12.5 Å². The normalized spacial score (nSPS) is 12.7. The molecule has 164 valence electrons. The summed E-state index contributed by atoms with van der Waals surface area (Å²) >= 11 is 1.35. The average molecular weight is 460 g/mol. The number of hydrogen-bond donors (Lipinski definition) is 1. The first-order chi connectivity index (χ1) is 14.6. The molecule has 7 nitrogen and oxygen atoms in total. The van der Waals surface area contributed by atoms with Gasteiger partial charge in [-0.2, -0.15) is 0 Å². The zero-order valence-corrected chi connectivity index (χ0v) is 19.7. The maximum atomic E-state index is 12.7. The molecule has 3 aromatic rings. The van der Waals surface area contributed by atoms with Gasteiger partial charge in [0.15, 0.2) is 0 Å². The van der Waals surface area contributed by atoms with Crippen molar-refractivity contribution in [2.75, 3.05) is 26.5 Å². The molecule has 0 aliphatic carbocycles. The van der Waals surface area contributed by atoms with Gasteiger partial charge < -0.3 is 10.1 Å². The Morgan fingerprint density at radius 1 is 1.16 bits per heavy atom. The number of nitrogens with one attached hydrogen (secondary N) is 1. The summed E-state index contributed by atoms with van der Waals surface area (Å²) in [6.45, 7) is 3.80. The van der Waals surface area contributed by atoms with Gasteiger partial charge in [-0.05, 0) is 55.8 Å². The molecule has 0 radical (unpaired) electrons. The number of amides is 1. The molecule has 1 unspecified atom stereocenters. The quantitative estimate of drug-likeness (QED) is 0.539. The van der Waals surface area contributed by atoms with Gasteiger partial charge in [0.05, 0.1) is 22.3 Å². The zero-order chi connectivity index (χ0) is 22.8. The first-order valence-electron chi connectivity index (χ1n) is 9.58. The lowest BCUT2D eigenvalue weighted by atomic mass is 10.1. The molecule has 0 fully saturated rings. The Balaban J connectivity index is 1.74. The number of benzene rings is 2. The number of nitrogens with zero attached hydrogens (tertiary/aromatic N) is 2. The van der Waals surface area contributed by atoms with Crippen LogP contribution in [0.2, 0.25) is 0 Å². The number of anilines is 1. The van der Waals surface area contributed by atoms with E-state index < -0.39 is 15.3 Å². The second kappa shape index (κ2) is 9.25.